The van der Waals surface area contributed by atoms with Crippen LogP contribution in [-0.4, -0.2) is 44.7 Å². The molecule has 0 N–H and O–H groups in total. The van der Waals surface area contributed by atoms with E-state index in [0.717, 1.165) is 4.31 Å². The second kappa shape index (κ2) is 6.35. The predicted molar refractivity (Wildman–Crippen MR) is 72.8 cm³/mol. The van der Waals surface area contributed by atoms with Gasteiger partial charge in [-0.25, -0.2) is 13.2 Å². The molecule has 21 heavy (non-hydrogen) atoms. The fraction of sp³-hybridized carbons (Fsp3) is 0.333. The van der Waals surface area contributed by atoms with Gasteiger partial charge in [-0.15, -0.1) is 0 Å². The number of ether oxygens (including phenoxy) is 1. The van der Waals surface area contributed by atoms with E-state index in [9.17, 15) is 13.2 Å². The molecule has 0 aromatic heterocycles. The van der Waals surface area contributed by atoms with Crippen molar-refractivity contribution < 1.29 is 17.9 Å². The first-order valence-corrected chi connectivity index (χ1v) is 7.68. The van der Waals surface area contributed by atoms with Crippen molar-refractivity contribution in [2.45, 2.75) is 11.1 Å². The Morgan fingerprint density at radius 1 is 1.48 bits per heavy atom. The molecule has 1 heterocycles. The molecule has 0 amide bonds. The SMILES string of the molecule is N#Cc1ccc(S(=O)(=O)N2CCOCC2N=C=O)c(Cl)c1. The maximum atomic E-state index is 12.6. The van der Waals surface area contributed by atoms with Crippen LogP contribution in [-0.2, 0) is 19.6 Å². The van der Waals surface area contributed by atoms with Gasteiger partial charge in [0.1, 0.15) is 4.90 Å². The van der Waals surface area contributed by atoms with Crippen LogP contribution < -0.4 is 0 Å². The Balaban J connectivity index is 2.45. The van der Waals surface area contributed by atoms with E-state index in [0.29, 0.717) is 0 Å². The molecule has 1 aromatic rings. The van der Waals surface area contributed by atoms with E-state index in [4.69, 9.17) is 21.6 Å². The van der Waals surface area contributed by atoms with Crippen LogP contribution in [0.25, 0.3) is 0 Å². The van der Waals surface area contributed by atoms with Crippen LogP contribution in [0.3, 0.4) is 0 Å². The molecule has 1 atom stereocenters. The molecule has 0 aliphatic carbocycles. The Labute approximate surface area is 126 Å². The summed E-state index contributed by atoms with van der Waals surface area (Å²) in [6, 6.07) is 5.76. The van der Waals surface area contributed by atoms with E-state index in [-0.39, 0.29) is 35.2 Å². The predicted octanol–water partition coefficient (Wildman–Crippen LogP) is 0.894. The van der Waals surface area contributed by atoms with Gasteiger partial charge in [0.05, 0.1) is 29.9 Å². The van der Waals surface area contributed by atoms with Crippen molar-refractivity contribution in [1.82, 2.24) is 4.31 Å². The molecule has 1 saturated heterocycles. The highest BCUT2D eigenvalue weighted by Gasteiger charge is 2.35. The number of rotatable bonds is 3. The van der Waals surface area contributed by atoms with E-state index in [1.165, 1.54) is 24.3 Å². The Bertz CT molecular complexity index is 737. The number of hydrogen-bond acceptors (Lipinski definition) is 6. The summed E-state index contributed by atoms with van der Waals surface area (Å²) in [6.45, 7) is 0.217. The molecule has 110 valence electrons. The highest BCUT2D eigenvalue weighted by Crippen LogP contribution is 2.28. The summed E-state index contributed by atoms with van der Waals surface area (Å²) in [7, 11) is -3.95. The number of isocyanates is 1. The fourth-order valence-corrected chi connectivity index (χ4v) is 3.94. The van der Waals surface area contributed by atoms with Crippen LogP contribution in [0.1, 0.15) is 5.56 Å². The number of hydrogen-bond donors (Lipinski definition) is 0. The Morgan fingerprint density at radius 3 is 2.86 bits per heavy atom. The zero-order valence-electron chi connectivity index (χ0n) is 10.7. The van der Waals surface area contributed by atoms with Crippen molar-refractivity contribution in [2.75, 3.05) is 19.8 Å². The van der Waals surface area contributed by atoms with Gasteiger partial charge >= 0.3 is 0 Å². The molecule has 1 aliphatic heterocycles. The highest BCUT2D eigenvalue weighted by atomic mass is 35.5. The molecule has 0 radical (unpaired) electrons. The first-order chi connectivity index (χ1) is 10.0. The molecule has 0 saturated carbocycles. The van der Waals surface area contributed by atoms with Crippen molar-refractivity contribution in [3.05, 3.63) is 28.8 Å². The second-order valence-corrected chi connectivity index (χ2v) is 6.41. The molecule has 0 spiro atoms. The normalized spacial score (nSPS) is 19.5. The van der Waals surface area contributed by atoms with Crippen molar-refractivity contribution in [2.24, 2.45) is 4.99 Å². The average Bonchev–Trinajstić information content (AvgIpc) is 2.47. The summed E-state index contributed by atoms with van der Waals surface area (Å²) in [5.41, 5.74) is 0.253. The maximum absolute atomic E-state index is 12.6. The van der Waals surface area contributed by atoms with Crippen molar-refractivity contribution in [1.29, 1.82) is 5.26 Å². The minimum Gasteiger partial charge on any atom is -0.376 e. The summed E-state index contributed by atoms with van der Waals surface area (Å²) in [6.07, 6.45) is 0.372. The van der Waals surface area contributed by atoms with Gasteiger partial charge in [0.25, 0.3) is 0 Å². The molecular weight excluding hydrogens is 318 g/mol. The molecule has 1 aliphatic rings. The van der Waals surface area contributed by atoms with E-state index in [1.54, 1.807) is 0 Å². The van der Waals surface area contributed by atoms with E-state index in [2.05, 4.69) is 4.99 Å². The standard InChI is InChI=1S/C12H10ClN3O4S/c13-10-5-9(6-14)1-2-11(10)21(18,19)16-3-4-20-7-12(16)15-8-17/h1-2,5,12H,3-4,7H2. The number of aliphatic imine (C=N–C) groups is 1. The Hall–Kier alpha value is -1.75. The van der Waals surface area contributed by atoms with E-state index in [1.807, 2.05) is 6.07 Å². The van der Waals surface area contributed by atoms with Gasteiger partial charge in [-0.3, -0.25) is 0 Å². The summed E-state index contributed by atoms with van der Waals surface area (Å²) < 4.78 is 31.4. The van der Waals surface area contributed by atoms with Crippen LogP contribution in [0.5, 0.6) is 0 Å². The molecular formula is C12H10ClN3O4S. The van der Waals surface area contributed by atoms with E-state index < -0.39 is 16.2 Å². The Kier molecular flexibility index (Phi) is 4.73. The molecule has 9 heteroatoms. The second-order valence-electron chi connectivity index (χ2n) is 4.15. The molecule has 7 nitrogen and oxygen atoms in total. The lowest BCUT2D eigenvalue weighted by Gasteiger charge is -2.31. The van der Waals surface area contributed by atoms with Crippen molar-refractivity contribution in [3.8, 4) is 6.07 Å². The molecule has 1 fully saturated rings. The minimum atomic E-state index is -3.95. The van der Waals surface area contributed by atoms with Gasteiger partial charge in [-0.05, 0) is 18.2 Å². The number of sulfonamides is 1. The number of morpholine rings is 1. The monoisotopic (exact) mass is 327 g/mol. The maximum Gasteiger partial charge on any atom is 0.246 e. The van der Waals surface area contributed by atoms with Gasteiger partial charge in [-0.2, -0.15) is 14.6 Å². The number of benzene rings is 1. The van der Waals surface area contributed by atoms with Gasteiger partial charge < -0.3 is 4.74 Å². The lowest BCUT2D eigenvalue weighted by atomic mass is 10.2. The third-order valence-corrected chi connectivity index (χ3v) is 5.28. The topological polar surface area (TPSA) is 99.8 Å². The molecule has 2 rings (SSSR count). The highest BCUT2D eigenvalue weighted by molar-refractivity contribution is 7.89. The van der Waals surface area contributed by atoms with Crippen LogP contribution in [0.2, 0.25) is 5.02 Å². The summed E-state index contributed by atoms with van der Waals surface area (Å²) in [4.78, 5) is 13.7. The van der Waals surface area contributed by atoms with Gasteiger partial charge in [0, 0.05) is 6.54 Å². The minimum absolute atomic E-state index is 0.0254. The summed E-state index contributed by atoms with van der Waals surface area (Å²) in [5, 5.41) is 8.71. The van der Waals surface area contributed by atoms with Gasteiger partial charge in [0.15, 0.2) is 6.17 Å². The van der Waals surface area contributed by atoms with Crippen LogP contribution in [0.15, 0.2) is 28.1 Å². The summed E-state index contributed by atoms with van der Waals surface area (Å²) in [5.74, 6) is 0. The van der Waals surface area contributed by atoms with Crippen molar-refractivity contribution in [3.63, 3.8) is 0 Å². The number of nitrogens with zero attached hydrogens (tertiary/aromatic N) is 3. The van der Waals surface area contributed by atoms with Gasteiger partial charge in [-0.1, -0.05) is 11.6 Å². The lowest BCUT2D eigenvalue weighted by Crippen LogP contribution is -2.47. The molecule has 1 unspecified atom stereocenters. The lowest BCUT2D eigenvalue weighted by molar-refractivity contribution is 0.0359. The average molecular weight is 328 g/mol. The number of nitriles is 1. The van der Waals surface area contributed by atoms with Crippen LogP contribution in [0.4, 0.5) is 0 Å². The molecule has 1 aromatic carbocycles. The van der Waals surface area contributed by atoms with Crippen LogP contribution in [0, 0.1) is 11.3 Å². The third-order valence-electron chi connectivity index (χ3n) is 2.90. The third kappa shape index (κ3) is 3.13. The first-order valence-electron chi connectivity index (χ1n) is 5.87. The smallest absolute Gasteiger partial charge is 0.246 e. The zero-order chi connectivity index (χ0) is 15.5. The fourth-order valence-electron chi connectivity index (χ4n) is 1.92. The zero-order valence-corrected chi connectivity index (χ0v) is 12.3. The van der Waals surface area contributed by atoms with Crippen molar-refractivity contribution >= 4 is 27.7 Å². The first kappa shape index (κ1) is 15.6. The largest absolute Gasteiger partial charge is 0.376 e. The van der Waals surface area contributed by atoms with Crippen LogP contribution >= 0.6 is 11.6 Å². The quantitative estimate of drug-likeness (QED) is 0.606. The Morgan fingerprint density at radius 2 is 2.24 bits per heavy atom. The number of carbonyl (C=O) groups excluding carboxylic acids is 1. The van der Waals surface area contributed by atoms with Gasteiger partial charge in [0.2, 0.25) is 16.1 Å². The summed E-state index contributed by atoms with van der Waals surface area (Å²) >= 11 is 5.94. The number of halogens is 1. The van der Waals surface area contributed by atoms with E-state index >= 15 is 0 Å². The molecule has 0 bridgehead atoms.